The molecule has 4 rings (SSSR count). The first-order valence-electron chi connectivity index (χ1n) is 11.5. The van der Waals surface area contributed by atoms with Crippen molar-refractivity contribution >= 4 is 23.5 Å². The summed E-state index contributed by atoms with van der Waals surface area (Å²) in [4.78, 5) is 29.2. The number of rotatable bonds is 5. The van der Waals surface area contributed by atoms with Gasteiger partial charge < -0.3 is 19.9 Å². The normalized spacial score (nSPS) is 21.4. The molecule has 2 saturated heterocycles. The Balaban J connectivity index is 1.66. The summed E-state index contributed by atoms with van der Waals surface area (Å²) < 4.78 is 45.2. The van der Waals surface area contributed by atoms with E-state index < -0.39 is 11.7 Å². The van der Waals surface area contributed by atoms with Gasteiger partial charge in [-0.1, -0.05) is 6.92 Å². The van der Waals surface area contributed by atoms with E-state index in [1.165, 1.54) is 0 Å². The van der Waals surface area contributed by atoms with Crippen LogP contribution in [0.2, 0.25) is 0 Å². The van der Waals surface area contributed by atoms with Crippen LogP contribution in [-0.2, 0) is 15.7 Å². The van der Waals surface area contributed by atoms with Crippen molar-refractivity contribution in [2.75, 3.05) is 43.0 Å². The number of nitrogens with zero attached hydrogens (tertiary/aromatic N) is 5. The zero-order valence-electron chi connectivity index (χ0n) is 19.3. The number of alkyl halides is 3. The molecule has 2 aromatic heterocycles. The van der Waals surface area contributed by atoms with E-state index in [0.717, 1.165) is 43.3 Å². The number of carbonyl (C=O) groups is 1. The van der Waals surface area contributed by atoms with Crippen molar-refractivity contribution in [1.29, 1.82) is 0 Å². The summed E-state index contributed by atoms with van der Waals surface area (Å²) in [7, 11) is 0. The van der Waals surface area contributed by atoms with Crippen molar-refractivity contribution in [2.24, 2.45) is 0 Å². The lowest BCUT2D eigenvalue weighted by Crippen LogP contribution is -2.43. The predicted molar refractivity (Wildman–Crippen MR) is 121 cm³/mol. The Labute approximate surface area is 196 Å². The zero-order valence-corrected chi connectivity index (χ0v) is 19.3. The molecule has 2 aromatic rings. The van der Waals surface area contributed by atoms with Gasteiger partial charge >= 0.3 is 6.18 Å². The third-order valence-electron chi connectivity index (χ3n) is 6.24. The van der Waals surface area contributed by atoms with Gasteiger partial charge in [0.2, 0.25) is 11.9 Å². The number of amides is 1. The van der Waals surface area contributed by atoms with Crippen molar-refractivity contribution < 1.29 is 22.7 Å². The minimum atomic E-state index is -4.47. The summed E-state index contributed by atoms with van der Waals surface area (Å²) in [6.07, 6.45) is -0.716. The van der Waals surface area contributed by atoms with E-state index in [2.05, 4.69) is 22.2 Å². The van der Waals surface area contributed by atoms with Gasteiger partial charge in [0.1, 0.15) is 11.6 Å². The van der Waals surface area contributed by atoms with Crippen LogP contribution in [0.15, 0.2) is 24.4 Å². The van der Waals surface area contributed by atoms with Crippen LogP contribution in [-0.4, -0.2) is 64.6 Å². The summed E-state index contributed by atoms with van der Waals surface area (Å²) in [5.74, 6) is 0.940. The molecule has 2 unspecified atom stereocenters. The standard InChI is InChI=1S/C23H29F3N6O2/c1-3-18-14-32(9-10-34-18)22-28-19(16-5-4-8-31(13-16)15(2)33)12-21(30-22)29-20-11-17(6-7-27-20)23(24,25)26/h6-7,11-12,16,18H,3-5,8-10,13-14H2,1-2H3,(H,27,28,29,30). The Morgan fingerprint density at radius 2 is 2.03 bits per heavy atom. The molecule has 0 aliphatic carbocycles. The Bertz CT molecular complexity index is 1020. The number of carbonyl (C=O) groups excluding carboxylic acids is 1. The van der Waals surface area contributed by atoms with Crippen LogP contribution in [0.5, 0.6) is 0 Å². The van der Waals surface area contributed by atoms with Gasteiger partial charge in [-0.05, 0) is 31.4 Å². The molecule has 11 heteroatoms. The van der Waals surface area contributed by atoms with Gasteiger partial charge in [0.05, 0.1) is 24.0 Å². The molecule has 0 bridgehead atoms. The van der Waals surface area contributed by atoms with E-state index in [9.17, 15) is 18.0 Å². The van der Waals surface area contributed by atoms with E-state index >= 15 is 0 Å². The maximum Gasteiger partial charge on any atom is 0.416 e. The summed E-state index contributed by atoms with van der Waals surface area (Å²) in [5.41, 5.74) is -0.0344. The number of piperidine rings is 1. The molecule has 4 heterocycles. The molecule has 2 aliphatic rings. The van der Waals surface area contributed by atoms with Crippen molar-refractivity contribution in [3.63, 3.8) is 0 Å². The monoisotopic (exact) mass is 478 g/mol. The molecule has 2 fully saturated rings. The Morgan fingerprint density at radius 1 is 1.21 bits per heavy atom. The number of halogens is 3. The number of ether oxygens (including phenoxy) is 1. The molecule has 2 aliphatic heterocycles. The quantitative estimate of drug-likeness (QED) is 0.696. The average molecular weight is 479 g/mol. The lowest BCUT2D eigenvalue weighted by atomic mass is 9.94. The summed E-state index contributed by atoms with van der Waals surface area (Å²) in [6, 6.07) is 3.64. The second-order valence-electron chi connectivity index (χ2n) is 8.68. The highest BCUT2D eigenvalue weighted by Gasteiger charge is 2.31. The smallest absolute Gasteiger partial charge is 0.375 e. The zero-order chi connectivity index (χ0) is 24.3. The molecule has 0 saturated carbocycles. The molecule has 34 heavy (non-hydrogen) atoms. The molecule has 0 radical (unpaired) electrons. The Kier molecular flexibility index (Phi) is 7.20. The van der Waals surface area contributed by atoms with Gasteiger partial charge in [-0.25, -0.2) is 9.97 Å². The van der Waals surface area contributed by atoms with Gasteiger partial charge in [0.15, 0.2) is 0 Å². The fraction of sp³-hybridized carbons (Fsp3) is 0.565. The van der Waals surface area contributed by atoms with Crippen molar-refractivity contribution in [3.05, 3.63) is 35.7 Å². The third-order valence-corrected chi connectivity index (χ3v) is 6.24. The number of hydrogen-bond acceptors (Lipinski definition) is 7. The number of nitrogens with one attached hydrogen (secondary N) is 1. The van der Waals surface area contributed by atoms with Gasteiger partial charge in [0.25, 0.3) is 0 Å². The fourth-order valence-corrected chi connectivity index (χ4v) is 4.33. The van der Waals surface area contributed by atoms with E-state index in [1.54, 1.807) is 17.9 Å². The topological polar surface area (TPSA) is 83.5 Å². The first-order chi connectivity index (χ1) is 16.2. The fourth-order valence-electron chi connectivity index (χ4n) is 4.33. The number of hydrogen-bond donors (Lipinski definition) is 1. The van der Waals surface area contributed by atoms with Crippen LogP contribution < -0.4 is 10.2 Å². The van der Waals surface area contributed by atoms with Crippen molar-refractivity contribution in [2.45, 2.75) is 51.3 Å². The lowest BCUT2D eigenvalue weighted by molar-refractivity contribution is -0.137. The molecule has 0 aromatic carbocycles. The number of pyridine rings is 1. The number of likely N-dealkylation sites (tertiary alicyclic amines) is 1. The number of anilines is 3. The van der Waals surface area contributed by atoms with E-state index in [4.69, 9.17) is 9.72 Å². The van der Waals surface area contributed by atoms with E-state index in [1.807, 2.05) is 4.90 Å². The molecule has 2 atom stereocenters. The minimum absolute atomic E-state index is 0.0115. The molecular weight excluding hydrogens is 449 g/mol. The molecular formula is C23H29F3N6O2. The molecule has 0 spiro atoms. The van der Waals surface area contributed by atoms with Crippen LogP contribution in [0.25, 0.3) is 0 Å². The maximum atomic E-state index is 13.2. The van der Waals surface area contributed by atoms with Gasteiger partial charge in [0, 0.05) is 51.3 Å². The highest BCUT2D eigenvalue weighted by molar-refractivity contribution is 5.73. The molecule has 184 valence electrons. The van der Waals surface area contributed by atoms with Crippen LogP contribution in [0.4, 0.5) is 30.8 Å². The largest absolute Gasteiger partial charge is 0.416 e. The average Bonchev–Trinajstić information content (AvgIpc) is 2.83. The first-order valence-corrected chi connectivity index (χ1v) is 11.5. The third kappa shape index (κ3) is 5.75. The second kappa shape index (κ2) is 10.1. The van der Waals surface area contributed by atoms with Gasteiger partial charge in [-0.2, -0.15) is 18.2 Å². The van der Waals surface area contributed by atoms with Crippen molar-refractivity contribution in [1.82, 2.24) is 19.9 Å². The minimum Gasteiger partial charge on any atom is -0.375 e. The summed E-state index contributed by atoms with van der Waals surface area (Å²) in [5, 5.41) is 2.93. The summed E-state index contributed by atoms with van der Waals surface area (Å²) in [6.45, 7) is 6.66. The highest BCUT2D eigenvalue weighted by Crippen LogP contribution is 2.32. The van der Waals surface area contributed by atoms with Gasteiger partial charge in [-0.15, -0.1) is 0 Å². The number of aromatic nitrogens is 3. The van der Waals surface area contributed by atoms with E-state index in [0.29, 0.717) is 44.6 Å². The van der Waals surface area contributed by atoms with Crippen molar-refractivity contribution in [3.8, 4) is 0 Å². The first kappa shape index (κ1) is 24.2. The molecule has 1 N–H and O–H groups in total. The molecule has 8 nitrogen and oxygen atoms in total. The SMILES string of the molecule is CCC1CN(c2nc(Nc3cc(C(F)(F)F)ccn3)cc(C3CCCN(C(C)=O)C3)n2)CCO1. The van der Waals surface area contributed by atoms with Crippen LogP contribution in [0.3, 0.4) is 0 Å². The Morgan fingerprint density at radius 3 is 2.76 bits per heavy atom. The lowest BCUT2D eigenvalue weighted by Gasteiger charge is -2.34. The van der Waals surface area contributed by atoms with Gasteiger partial charge in [-0.3, -0.25) is 4.79 Å². The predicted octanol–water partition coefficient (Wildman–Crippen LogP) is 3.98. The molecule has 1 amide bonds. The highest BCUT2D eigenvalue weighted by atomic mass is 19.4. The second-order valence-corrected chi connectivity index (χ2v) is 8.68. The number of morpholine rings is 1. The summed E-state index contributed by atoms with van der Waals surface area (Å²) >= 11 is 0. The maximum absolute atomic E-state index is 13.2. The van der Waals surface area contributed by atoms with Crippen LogP contribution >= 0.6 is 0 Å². The van der Waals surface area contributed by atoms with E-state index in [-0.39, 0.29) is 23.7 Å². The van der Waals surface area contributed by atoms with Crippen LogP contribution in [0.1, 0.15) is 50.3 Å². The van der Waals surface area contributed by atoms with Crippen LogP contribution in [0, 0.1) is 0 Å². The Hall–Kier alpha value is -2.95.